The van der Waals surface area contributed by atoms with Gasteiger partial charge in [0.05, 0.1) is 5.02 Å². The van der Waals surface area contributed by atoms with E-state index >= 15 is 0 Å². The predicted octanol–water partition coefficient (Wildman–Crippen LogP) is 3.37. The van der Waals surface area contributed by atoms with E-state index in [0.29, 0.717) is 5.92 Å². The number of hydrogen-bond acceptors (Lipinski definition) is 4. The third-order valence-electron chi connectivity index (χ3n) is 2.78. The van der Waals surface area contributed by atoms with Gasteiger partial charge in [-0.05, 0) is 35.9 Å². The summed E-state index contributed by atoms with van der Waals surface area (Å²) in [4.78, 5) is 1.04. The van der Waals surface area contributed by atoms with Crippen LogP contribution in [-0.2, 0) is 13.6 Å². The van der Waals surface area contributed by atoms with Crippen molar-refractivity contribution in [3.63, 3.8) is 0 Å². The van der Waals surface area contributed by atoms with Crippen molar-refractivity contribution in [3.05, 3.63) is 35.1 Å². The average molecular weight is 311 g/mol. The summed E-state index contributed by atoms with van der Waals surface area (Å²) < 4.78 is 1.89. The van der Waals surface area contributed by atoms with Gasteiger partial charge in [-0.15, -0.1) is 10.2 Å². The van der Waals surface area contributed by atoms with Crippen LogP contribution in [0, 0.1) is 5.92 Å². The van der Waals surface area contributed by atoms with E-state index in [9.17, 15) is 0 Å². The SMILES string of the molecule is CC(C)CNCc1cccc(Cl)c1Sc1nncn1C. The molecular formula is C14H19ClN4S. The Morgan fingerprint density at radius 2 is 2.20 bits per heavy atom. The molecule has 20 heavy (non-hydrogen) atoms. The van der Waals surface area contributed by atoms with Gasteiger partial charge in [0.15, 0.2) is 5.16 Å². The van der Waals surface area contributed by atoms with E-state index < -0.39 is 0 Å². The number of aromatic nitrogens is 3. The van der Waals surface area contributed by atoms with Crippen molar-refractivity contribution < 1.29 is 0 Å². The Hall–Kier alpha value is -1.04. The van der Waals surface area contributed by atoms with Crippen LogP contribution in [0.3, 0.4) is 0 Å². The highest BCUT2D eigenvalue weighted by Gasteiger charge is 2.12. The summed E-state index contributed by atoms with van der Waals surface area (Å²) in [5, 5.41) is 13.0. The van der Waals surface area contributed by atoms with Crippen molar-refractivity contribution >= 4 is 23.4 Å². The molecule has 0 fully saturated rings. The number of halogens is 1. The van der Waals surface area contributed by atoms with Gasteiger partial charge in [0.2, 0.25) is 0 Å². The maximum Gasteiger partial charge on any atom is 0.195 e. The molecule has 1 N–H and O–H groups in total. The number of rotatable bonds is 6. The zero-order chi connectivity index (χ0) is 14.5. The zero-order valence-corrected chi connectivity index (χ0v) is 13.5. The molecule has 0 bridgehead atoms. The molecule has 1 aromatic carbocycles. The summed E-state index contributed by atoms with van der Waals surface area (Å²) in [6, 6.07) is 5.99. The third kappa shape index (κ3) is 3.98. The van der Waals surface area contributed by atoms with Gasteiger partial charge in [0, 0.05) is 18.5 Å². The fraction of sp³-hybridized carbons (Fsp3) is 0.429. The van der Waals surface area contributed by atoms with Crippen LogP contribution < -0.4 is 5.32 Å². The van der Waals surface area contributed by atoms with E-state index in [1.165, 1.54) is 5.56 Å². The second kappa shape index (κ2) is 7.11. The van der Waals surface area contributed by atoms with Crippen LogP contribution in [0.5, 0.6) is 0 Å². The summed E-state index contributed by atoms with van der Waals surface area (Å²) in [6.07, 6.45) is 1.69. The van der Waals surface area contributed by atoms with Crippen LogP contribution in [0.15, 0.2) is 34.6 Å². The monoisotopic (exact) mass is 310 g/mol. The fourth-order valence-corrected chi connectivity index (χ4v) is 2.97. The average Bonchev–Trinajstić information content (AvgIpc) is 2.78. The van der Waals surface area contributed by atoms with Crippen LogP contribution >= 0.6 is 23.4 Å². The van der Waals surface area contributed by atoms with Gasteiger partial charge in [-0.25, -0.2) is 0 Å². The minimum atomic E-state index is 0.629. The minimum absolute atomic E-state index is 0.629. The first kappa shape index (κ1) is 15.4. The highest BCUT2D eigenvalue weighted by Crippen LogP contribution is 2.34. The van der Waals surface area contributed by atoms with E-state index in [-0.39, 0.29) is 0 Å². The highest BCUT2D eigenvalue weighted by molar-refractivity contribution is 7.99. The molecule has 0 aliphatic rings. The van der Waals surface area contributed by atoms with Crippen molar-refractivity contribution in [2.24, 2.45) is 13.0 Å². The van der Waals surface area contributed by atoms with Crippen molar-refractivity contribution in [3.8, 4) is 0 Å². The Labute approximate surface area is 128 Å². The van der Waals surface area contributed by atoms with Crippen LogP contribution in [0.4, 0.5) is 0 Å². The van der Waals surface area contributed by atoms with Gasteiger partial charge in [-0.3, -0.25) is 0 Å². The Morgan fingerprint density at radius 1 is 1.40 bits per heavy atom. The smallest absolute Gasteiger partial charge is 0.195 e. The maximum atomic E-state index is 6.33. The fourth-order valence-electron chi connectivity index (χ4n) is 1.76. The number of hydrogen-bond donors (Lipinski definition) is 1. The molecule has 0 aliphatic carbocycles. The molecule has 1 heterocycles. The normalized spacial score (nSPS) is 11.2. The lowest BCUT2D eigenvalue weighted by atomic mass is 10.2. The van der Waals surface area contributed by atoms with Crippen molar-refractivity contribution in [2.45, 2.75) is 30.4 Å². The molecule has 108 valence electrons. The second-order valence-corrected chi connectivity index (χ2v) is 6.46. The van der Waals surface area contributed by atoms with Crippen LogP contribution in [0.2, 0.25) is 5.02 Å². The lowest BCUT2D eigenvalue weighted by Crippen LogP contribution is -2.19. The molecule has 0 unspecified atom stereocenters. The van der Waals surface area contributed by atoms with Crippen molar-refractivity contribution in [1.29, 1.82) is 0 Å². The summed E-state index contributed by atoms with van der Waals surface area (Å²) in [5.41, 5.74) is 1.19. The summed E-state index contributed by atoms with van der Waals surface area (Å²) in [5.74, 6) is 0.629. The lowest BCUT2D eigenvalue weighted by molar-refractivity contribution is 0.550. The first-order valence-electron chi connectivity index (χ1n) is 6.58. The topological polar surface area (TPSA) is 42.7 Å². The van der Waals surface area contributed by atoms with Crippen LogP contribution in [0.1, 0.15) is 19.4 Å². The Kier molecular flexibility index (Phi) is 5.46. The Morgan fingerprint density at radius 3 is 2.85 bits per heavy atom. The Balaban J connectivity index is 2.16. The minimum Gasteiger partial charge on any atom is -0.312 e. The first-order valence-corrected chi connectivity index (χ1v) is 7.77. The third-order valence-corrected chi connectivity index (χ3v) is 4.45. The number of nitrogens with zero attached hydrogens (tertiary/aromatic N) is 3. The van der Waals surface area contributed by atoms with Crippen LogP contribution in [0.25, 0.3) is 0 Å². The van der Waals surface area contributed by atoms with E-state index in [1.807, 2.05) is 23.7 Å². The summed E-state index contributed by atoms with van der Waals surface area (Å²) >= 11 is 7.88. The number of nitrogens with one attached hydrogen (secondary N) is 1. The molecule has 0 saturated heterocycles. The van der Waals surface area contributed by atoms with Gasteiger partial charge in [-0.1, -0.05) is 37.6 Å². The molecular weight excluding hydrogens is 292 g/mol. The van der Waals surface area contributed by atoms with Gasteiger partial charge < -0.3 is 9.88 Å². The molecule has 0 atom stereocenters. The molecule has 0 spiro atoms. The maximum absolute atomic E-state index is 6.33. The molecule has 0 saturated carbocycles. The van der Waals surface area contributed by atoms with Gasteiger partial charge >= 0.3 is 0 Å². The highest BCUT2D eigenvalue weighted by atomic mass is 35.5. The standard InChI is InChI=1S/C14H19ClN4S/c1-10(2)7-16-8-11-5-4-6-12(15)13(11)20-14-18-17-9-19(14)3/h4-6,9-10,16H,7-8H2,1-3H3. The molecule has 0 radical (unpaired) electrons. The molecule has 1 aromatic heterocycles. The first-order chi connectivity index (χ1) is 9.58. The predicted molar refractivity (Wildman–Crippen MR) is 83.1 cm³/mol. The van der Waals surface area contributed by atoms with E-state index in [0.717, 1.165) is 28.2 Å². The molecule has 0 aliphatic heterocycles. The van der Waals surface area contributed by atoms with E-state index in [2.05, 4.69) is 35.4 Å². The van der Waals surface area contributed by atoms with Crippen molar-refractivity contribution in [1.82, 2.24) is 20.1 Å². The van der Waals surface area contributed by atoms with Crippen molar-refractivity contribution in [2.75, 3.05) is 6.54 Å². The largest absolute Gasteiger partial charge is 0.312 e. The molecule has 2 aromatic rings. The van der Waals surface area contributed by atoms with E-state index in [4.69, 9.17) is 11.6 Å². The number of benzene rings is 1. The number of aryl methyl sites for hydroxylation is 1. The zero-order valence-electron chi connectivity index (χ0n) is 11.9. The summed E-state index contributed by atoms with van der Waals surface area (Å²) in [7, 11) is 1.93. The molecule has 2 rings (SSSR count). The molecule has 6 heteroatoms. The summed E-state index contributed by atoms with van der Waals surface area (Å²) in [6.45, 7) is 6.18. The lowest BCUT2D eigenvalue weighted by Gasteiger charge is -2.12. The molecule has 0 amide bonds. The second-order valence-electron chi connectivity index (χ2n) is 5.08. The van der Waals surface area contributed by atoms with E-state index in [1.54, 1.807) is 18.1 Å². The quantitative estimate of drug-likeness (QED) is 0.888. The van der Waals surface area contributed by atoms with Gasteiger partial charge in [-0.2, -0.15) is 0 Å². The van der Waals surface area contributed by atoms with Crippen LogP contribution in [-0.4, -0.2) is 21.3 Å². The molecule has 4 nitrogen and oxygen atoms in total. The van der Waals surface area contributed by atoms with Gasteiger partial charge in [0.1, 0.15) is 6.33 Å². The van der Waals surface area contributed by atoms with Gasteiger partial charge in [0.25, 0.3) is 0 Å². The Bertz CT molecular complexity index is 568.